The Balaban J connectivity index is 2.49. The summed E-state index contributed by atoms with van der Waals surface area (Å²) in [5.74, 6) is 0.899. The SMILES string of the molecule is CC(C)OC(=O)OC1SCC(C)C1=NO. The van der Waals surface area contributed by atoms with E-state index in [0.29, 0.717) is 5.71 Å². The molecule has 1 rings (SSSR count). The zero-order chi connectivity index (χ0) is 11.4. The smallest absolute Gasteiger partial charge is 0.432 e. The van der Waals surface area contributed by atoms with E-state index in [0.717, 1.165) is 5.75 Å². The molecule has 1 N–H and O–H groups in total. The van der Waals surface area contributed by atoms with E-state index in [9.17, 15) is 4.79 Å². The van der Waals surface area contributed by atoms with Crippen LogP contribution in [0.25, 0.3) is 0 Å². The van der Waals surface area contributed by atoms with Crippen molar-refractivity contribution in [2.45, 2.75) is 32.3 Å². The number of ether oxygens (including phenoxy) is 2. The van der Waals surface area contributed by atoms with Crippen LogP contribution >= 0.6 is 11.8 Å². The maximum atomic E-state index is 11.2. The molecular formula is C9H15NO4S. The number of carbonyl (C=O) groups excluding carboxylic acids is 1. The Morgan fingerprint density at radius 2 is 2.33 bits per heavy atom. The van der Waals surface area contributed by atoms with Crippen molar-refractivity contribution in [1.29, 1.82) is 0 Å². The van der Waals surface area contributed by atoms with E-state index < -0.39 is 11.6 Å². The summed E-state index contributed by atoms with van der Waals surface area (Å²) >= 11 is 1.42. The van der Waals surface area contributed by atoms with Crippen molar-refractivity contribution in [1.82, 2.24) is 0 Å². The number of oxime groups is 1. The summed E-state index contributed by atoms with van der Waals surface area (Å²) in [6, 6.07) is 0. The van der Waals surface area contributed by atoms with Crippen LogP contribution in [-0.2, 0) is 9.47 Å². The summed E-state index contributed by atoms with van der Waals surface area (Å²) in [6.45, 7) is 5.40. The summed E-state index contributed by atoms with van der Waals surface area (Å²) in [4.78, 5) is 11.2. The fourth-order valence-corrected chi connectivity index (χ4v) is 2.41. The van der Waals surface area contributed by atoms with E-state index >= 15 is 0 Å². The first-order valence-corrected chi connectivity index (χ1v) is 5.80. The average molecular weight is 233 g/mol. The van der Waals surface area contributed by atoms with Gasteiger partial charge in [-0.15, -0.1) is 11.8 Å². The van der Waals surface area contributed by atoms with Crippen molar-refractivity contribution >= 4 is 23.6 Å². The minimum absolute atomic E-state index is 0.122. The van der Waals surface area contributed by atoms with Crippen molar-refractivity contribution in [2.24, 2.45) is 11.1 Å². The molecule has 15 heavy (non-hydrogen) atoms. The van der Waals surface area contributed by atoms with Gasteiger partial charge < -0.3 is 14.7 Å². The third-order valence-electron chi connectivity index (χ3n) is 1.89. The summed E-state index contributed by atoms with van der Waals surface area (Å²) in [5.41, 5.74) is -0.0306. The summed E-state index contributed by atoms with van der Waals surface area (Å²) in [6.07, 6.45) is -0.936. The molecule has 0 amide bonds. The molecule has 1 saturated heterocycles. The first kappa shape index (κ1) is 12.2. The van der Waals surface area contributed by atoms with E-state index in [1.54, 1.807) is 13.8 Å². The van der Waals surface area contributed by atoms with Crippen LogP contribution in [0.15, 0.2) is 5.16 Å². The average Bonchev–Trinajstić information content (AvgIpc) is 2.45. The lowest BCUT2D eigenvalue weighted by molar-refractivity contribution is 0.0379. The van der Waals surface area contributed by atoms with Gasteiger partial charge in [-0.25, -0.2) is 4.79 Å². The standard InChI is InChI=1S/C9H15NO4S/c1-5(2)13-9(11)14-8-7(10-12)6(3)4-15-8/h5-6,8,12H,4H2,1-3H3. The second kappa shape index (κ2) is 5.25. The number of hydrogen-bond acceptors (Lipinski definition) is 6. The van der Waals surface area contributed by atoms with Gasteiger partial charge in [0.25, 0.3) is 0 Å². The zero-order valence-electron chi connectivity index (χ0n) is 8.97. The van der Waals surface area contributed by atoms with Crippen molar-refractivity contribution in [2.75, 3.05) is 5.75 Å². The number of thioether (sulfide) groups is 1. The van der Waals surface area contributed by atoms with Crippen LogP contribution in [0.4, 0.5) is 4.79 Å². The normalized spacial score (nSPS) is 28.4. The summed E-state index contributed by atoms with van der Waals surface area (Å²) < 4.78 is 9.84. The predicted octanol–water partition coefficient (Wildman–Crippen LogP) is 2.09. The molecule has 2 atom stereocenters. The number of nitrogens with zero attached hydrogens (tertiary/aromatic N) is 1. The van der Waals surface area contributed by atoms with Crippen LogP contribution in [0.2, 0.25) is 0 Å². The van der Waals surface area contributed by atoms with Gasteiger partial charge in [-0.1, -0.05) is 12.1 Å². The maximum Gasteiger partial charge on any atom is 0.510 e. The van der Waals surface area contributed by atoms with Crippen molar-refractivity contribution < 1.29 is 19.5 Å². The molecule has 86 valence electrons. The van der Waals surface area contributed by atoms with E-state index in [4.69, 9.17) is 14.7 Å². The second-order valence-corrected chi connectivity index (χ2v) is 4.72. The van der Waals surface area contributed by atoms with Crippen LogP contribution in [-0.4, -0.2) is 34.4 Å². The minimum Gasteiger partial charge on any atom is -0.432 e. The van der Waals surface area contributed by atoms with E-state index in [1.807, 2.05) is 6.92 Å². The third-order valence-corrected chi connectivity index (χ3v) is 3.23. The van der Waals surface area contributed by atoms with E-state index in [-0.39, 0.29) is 12.0 Å². The van der Waals surface area contributed by atoms with Gasteiger partial charge in [0, 0.05) is 11.7 Å². The molecule has 5 nitrogen and oxygen atoms in total. The molecule has 0 aromatic heterocycles. The van der Waals surface area contributed by atoms with Crippen LogP contribution < -0.4 is 0 Å². The molecule has 0 spiro atoms. The van der Waals surface area contributed by atoms with Crippen molar-refractivity contribution in [3.8, 4) is 0 Å². The van der Waals surface area contributed by atoms with Gasteiger partial charge in [0.05, 0.1) is 6.10 Å². The van der Waals surface area contributed by atoms with Crippen LogP contribution in [0, 0.1) is 5.92 Å². The fourth-order valence-electron chi connectivity index (χ4n) is 1.18. The molecule has 0 saturated carbocycles. The molecule has 0 aliphatic carbocycles. The molecule has 2 unspecified atom stereocenters. The van der Waals surface area contributed by atoms with Crippen LogP contribution in [0.3, 0.4) is 0 Å². The molecular weight excluding hydrogens is 218 g/mol. The highest BCUT2D eigenvalue weighted by molar-refractivity contribution is 8.01. The molecule has 1 aliphatic rings. The van der Waals surface area contributed by atoms with E-state index in [2.05, 4.69) is 5.16 Å². The van der Waals surface area contributed by atoms with Gasteiger partial charge in [-0.2, -0.15) is 0 Å². The summed E-state index contributed by atoms with van der Waals surface area (Å²) in [7, 11) is 0. The van der Waals surface area contributed by atoms with Crippen molar-refractivity contribution in [3.05, 3.63) is 0 Å². The zero-order valence-corrected chi connectivity index (χ0v) is 9.78. The van der Waals surface area contributed by atoms with Crippen LogP contribution in [0.5, 0.6) is 0 Å². The Morgan fingerprint density at radius 3 is 2.87 bits per heavy atom. The Bertz CT molecular complexity index is 267. The Morgan fingerprint density at radius 1 is 1.67 bits per heavy atom. The maximum absolute atomic E-state index is 11.2. The molecule has 0 aromatic rings. The van der Waals surface area contributed by atoms with Gasteiger partial charge in [-0.3, -0.25) is 0 Å². The Hall–Kier alpha value is -0.910. The fraction of sp³-hybridized carbons (Fsp3) is 0.778. The quantitative estimate of drug-likeness (QED) is 0.449. The van der Waals surface area contributed by atoms with Gasteiger partial charge in [0.1, 0.15) is 5.71 Å². The molecule has 1 fully saturated rings. The topological polar surface area (TPSA) is 68.1 Å². The largest absolute Gasteiger partial charge is 0.510 e. The molecule has 0 radical (unpaired) electrons. The first-order chi connectivity index (χ1) is 7.04. The highest BCUT2D eigenvalue weighted by Gasteiger charge is 2.34. The summed E-state index contributed by atoms with van der Waals surface area (Å²) in [5, 5.41) is 11.9. The van der Waals surface area contributed by atoms with Gasteiger partial charge in [0.2, 0.25) is 0 Å². The van der Waals surface area contributed by atoms with E-state index in [1.165, 1.54) is 11.8 Å². The second-order valence-electron chi connectivity index (χ2n) is 3.63. The number of rotatable bonds is 2. The minimum atomic E-state index is -0.724. The van der Waals surface area contributed by atoms with Gasteiger partial charge >= 0.3 is 6.16 Å². The lowest BCUT2D eigenvalue weighted by atomic mass is 10.1. The molecule has 1 heterocycles. The molecule has 0 bridgehead atoms. The first-order valence-electron chi connectivity index (χ1n) is 4.75. The number of hydrogen-bond donors (Lipinski definition) is 1. The third kappa shape index (κ3) is 3.30. The number of carbonyl (C=O) groups is 1. The lowest BCUT2D eigenvalue weighted by Gasteiger charge is -2.13. The molecule has 1 aliphatic heterocycles. The monoisotopic (exact) mass is 233 g/mol. The Kier molecular flexibility index (Phi) is 4.26. The highest BCUT2D eigenvalue weighted by Crippen LogP contribution is 2.30. The molecule has 0 aromatic carbocycles. The predicted molar refractivity (Wildman–Crippen MR) is 57.3 cm³/mol. The van der Waals surface area contributed by atoms with Crippen LogP contribution in [0.1, 0.15) is 20.8 Å². The van der Waals surface area contributed by atoms with Gasteiger partial charge in [-0.05, 0) is 13.8 Å². The Labute approximate surface area is 92.8 Å². The van der Waals surface area contributed by atoms with Gasteiger partial charge in [0.15, 0.2) is 5.44 Å². The molecule has 6 heteroatoms. The van der Waals surface area contributed by atoms with Crippen molar-refractivity contribution in [3.63, 3.8) is 0 Å². The lowest BCUT2D eigenvalue weighted by Crippen LogP contribution is -2.25. The highest BCUT2D eigenvalue weighted by atomic mass is 32.2.